The maximum Gasteiger partial charge on any atom is 0.265 e. The molecule has 7 heteroatoms. The van der Waals surface area contributed by atoms with Gasteiger partial charge in [0.25, 0.3) is 11.1 Å². The number of nitrogens with one attached hydrogen (secondary N) is 1. The van der Waals surface area contributed by atoms with E-state index in [0.717, 1.165) is 4.68 Å². The first-order valence-electron chi connectivity index (χ1n) is 4.95. The molecule has 7 nitrogen and oxygen atoms in total. The second kappa shape index (κ2) is 4.20. The lowest BCUT2D eigenvalue weighted by molar-refractivity contribution is 0.603. The minimum atomic E-state index is -0.356. The van der Waals surface area contributed by atoms with Crippen molar-refractivity contribution in [1.29, 1.82) is 0 Å². The second-order valence-corrected chi connectivity index (χ2v) is 3.58. The number of aryl methyl sites for hydroxylation is 1. The molecule has 0 aliphatic carbocycles. The number of nitrogens with zero attached hydrogens (tertiary/aromatic N) is 3. The molecule has 88 valence electrons. The molecular formula is C10H11N5O2. The highest BCUT2D eigenvalue weighted by Crippen LogP contribution is 2.01. The summed E-state index contributed by atoms with van der Waals surface area (Å²) in [5, 5.41) is 2.39. The van der Waals surface area contributed by atoms with Crippen LogP contribution in [0.25, 0.3) is 0 Å². The number of aromatic amines is 1. The van der Waals surface area contributed by atoms with Gasteiger partial charge in [-0.05, 0) is 6.92 Å². The van der Waals surface area contributed by atoms with Crippen LogP contribution in [-0.2, 0) is 6.54 Å². The van der Waals surface area contributed by atoms with Crippen molar-refractivity contribution in [1.82, 2.24) is 19.7 Å². The highest BCUT2D eigenvalue weighted by Gasteiger charge is 2.03. The van der Waals surface area contributed by atoms with Gasteiger partial charge >= 0.3 is 0 Å². The van der Waals surface area contributed by atoms with Crippen LogP contribution in [0.2, 0.25) is 0 Å². The Kier molecular flexibility index (Phi) is 2.73. The summed E-state index contributed by atoms with van der Waals surface area (Å²) in [5.41, 5.74) is 5.60. The zero-order chi connectivity index (χ0) is 12.4. The van der Waals surface area contributed by atoms with Crippen molar-refractivity contribution in [3.8, 4) is 0 Å². The lowest BCUT2D eigenvalue weighted by Crippen LogP contribution is -2.29. The zero-order valence-electron chi connectivity index (χ0n) is 9.17. The molecule has 0 aliphatic rings. The fourth-order valence-corrected chi connectivity index (χ4v) is 1.45. The van der Waals surface area contributed by atoms with Crippen LogP contribution in [0.5, 0.6) is 0 Å². The number of hydrogen-bond donors (Lipinski definition) is 2. The Hall–Kier alpha value is -2.44. The largest absolute Gasteiger partial charge is 0.384 e. The van der Waals surface area contributed by atoms with E-state index in [1.807, 2.05) is 0 Å². The number of aromatic nitrogens is 4. The number of nitrogen functional groups attached to an aromatic ring is 1. The lowest BCUT2D eigenvalue weighted by Gasteiger charge is -2.05. The minimum Gasteiger partial charge on any atom is -0.384 e. The molecule has 0 amide bonds. The maximum absolute atomic E-state index is 11.5. The number of rotatable bonds is 2. The van der Waals surface area contributed by atoms with Gasteiger partial charge in [-0.3, -0.25) is 14.7 Å². The van der Waals surface area contributed by atoms with Crippen LogP contribution < -0.4 is 16.9 Å². The molecule has 0 aromatic carbocycles. The molecule has 0 saturated carbocycles. The monoisotopic (exact) mass is 233 g/mol. The van der Waals surface area contributed by atoms with E-state index in [1.54, 1.807) is 13.0 Å². The summed E-state index contributed by atoms with van der Waals surface area (Å²) in [4.78, 5) is 30.6. The highest BCUT2D eigenvalue weighted by atomic mass is 16.1. The van der Waals surface area contributed by atoms with Crippen LogP contribution in [-0.4, -0.2) is 19.7 Å². The third-order valence-electron chi connectivity index (χ3n) is 2.11. The van der Waals surface area contributed by atoms with E-state index in [9.17, 15) is 9.59 Å². The molecule has 0 radical (unpaired) electrons. The summed E-state index contributed by atoms with van der Waals surface area (Å²) in [7, 11) is 0. The van der Waals surface area contributed by atoms with Gasteiger partial charge in [-0.2, -0.15) is 0 Å². The van der Waals surface area contributed by atoms with E-state index in [0.29, 0.717) is 17.3 Å². The molecule has 0 atom stereocenters. The predicted octanol–water partition coefficient (Wildman–Crippen LogP) is -0.734. The maximum atomic E-state index is 11.5. The van der Waals surface area contributed by atoms with Gasteiger partial charge in [-0.1, -0.05) is 0 Å². The highest BCUT2D eigenvalue weighted by molar-refractivity contribution is 5.29. The fraction of sp³-hybridized carbons (Fsp3) is 0.200. The van der Waals surface area contributed by atoms with Gasteiger partial charge in [-0.25, -0.2) is 14.6 Å². The molecule has 0 fully saturated rings. The molecule has 0 spiro atoms. The van der Waals surface area contributed by atoms with Gasteiger partial charge in [-0.15, -0.1) is 0 Å². The summed E-state index contributed by atoms with van der Waals surface area (Å²) in [6, 6.07) is 3.99. The van der Waals surface area contributed by atoms with Crippen molar-refractivity contribution < 1.29 is 0 Å². The van der Waals surface area contributed by atoms with E-state index in [1.165, 1.54) is 12.1 Å². The molecule has 3 N–H and O–H groups in total. The first-order chi connectivity index (χ1) is 8.04. The second-order valence-electron chi connectivity index (χ2n) is 3.58. The van der Waals surface area contributed by atoms with E-state index >= 15 is 0 Å². The zero-order valence-corrected chi connectivity index (χ0v) is 9.17. The van der Waals surface area contributed by atoms with Gasteiger partial charge in [0.15, 0.2) is 5.82 Å². The van der Waals surface area contributed by atoms with Gasteiger partial charge in [0.05, 0.1) is 0 Å². The van der Waals surface area contributed by atoms with Crippen molar-refractivity contribution in [2.75, 3.05) is 5.73 Å². The Morgan fingerprint density at radius 3 is 2.82 bits per heavy atom. The molecule has 0 saturated heterocycles. The average molecular weight is 233 g/mol. The first-order valence-corrected chi connectivity index (χ1v) is 4.95. The number of hydrogen-bond acceptors (Lipinski definition) is 5. The lowest BCUT2D eigenvalue weighted by atomic mass is 10.4. The first kappa shape index (κ1) is 11.1. The summed E-state index contributed by atoms with van der Waals surface area (Å²) in [6.07, 6.45) is 0. The molecular weight excluding hydrogens is 222 g/mol. The van der Waals surface area contributed by atoms with Gasteiger partial charge in [0.1, 0.15) is 12.4 Å². The Balaban J connectivity index is 2.41. The van der Waals surface area contributed by atoms with Crippen molar-refractivity contribution in [3.05, 3.63) is 50.4 Å². The quantitative estimate of drug-likeness (QED) is 0.710. The van der Waals surface area contributed by atoms with Crippen molar-refractivity contribution in [2.24, 2.45) is 0 Å². The SMILES string of the molecule is Cc1cc(N)nc(Cn2[nH]c(=O)ccc2=O)n1. The number of H-pyrrole nitrogens is 1. The summed E-state index contributed by atoms with van der Waals surface area (Å²) in [6.45, 7) is 1.86. The van der Waals surface area contributed by atoms with E-state index in [2.05, 4.69) is 15.1 Å². The molecule has 0 bridgehead atoms. The van der Waals surface area contributed by atoms with Crippen LogP contribution >= 0.6 is 0 Å². The standard InChI is InChI=1S/C10H11N5O2/c1-6-4-7(11)13-8(12-6)5-15-10(17)3-2-9(16)14-15/h2-4H,5H2,1H3,(H,14,16)(H2,11,12,13). The van der Waals surface area contributed by atoms with Crippen molar-refractivity contribution in [3.63, 3.8) is 0 Å². The smallest absolute Gasteiger partial charge is 0.265 e. The van der Waals surface area contributed by atoms with Crippen LogP contribution in [0.1, 0.15) is 11.5 Å². The van der Waals surface area contributed by atoms with Crippen molar-refractivity contribution in [2.45, 2.75) is 13.5 Å². The molecule has 2 aromatic heterocycles. The Morgan fingerprint density at radius 1 is 1.35 bits per heavy atom. The summed E-state index contributed by atoms with van der Waals surface area (Å²) >= 11 is 0. The Bertz CT molecular complexity index is 638. The molecule has 2 aromatic rings. The molecule has 0 unspecified atom stereocenters. The summed E-state index contributed by atoms with van der Waals surface area (Å²) < 4.78 is 1.14. The minimum absolute atomic E-state index is 0.0841. The fourth-order valence-electron chi connectivity index (χ4n) is 1.45. The molecule has 0 aliphatic heterocycles. The summed E-state index contributed by atoms with van der Waals surface area (Å²) in [5.74, 6) is 0.713. The third-order valence-corrected chi connectivity index (χ3v) is 2.11. The Labute approximate surface area is 95.9 Å². The van der Waals surface area contributed by atoms with E-state index < -0.39 is 0 Å². The van der Waals surface area contributed by atoms with Crippen LogP contribution in [0.3, 0.4) is 0 Å². The van der Waals surface area contributed by atoms with Gasteiger partial charge in [0.2, 0.25) is 0 Å². The van der Waals surface area contributed by atoms with Crippen LogP contribution in [0, 0.1) is 6.92 Å². The number of nitrogens with two attached hydrogens (primary N) is 1. The number of anilines is 1. The topological polar surface area (TPSA) is 107 Å². The van der Waals surface area contributed by atoms with Crippen LogP contribution in [0.15, 0.2) is 27.8 Å². The molecule has 2 rings (SSSR count). The van der Waals surface area contributed by atoms with Gasteiger partial charge in [0, 0.05) is 23.9 Å². The Morgan fingerprint density at radius 2 is 2.12 bits per heavy atom. The van der Waals surface area contributed by atoms with Crippen LogP contribution in [0.4, 0.5) is 5.82 Å². The van der Waals surface area contributed by atoms with Crippen molar-refractivity contribution >= 4 is 5.82 Å². The molecule has 2 heterocycles. The normalized spacial score (nSPS) is 10.4. The van der Waals surface area contributed by atoms with E-state index in [-0.39, 0.29) is 17.7 Å². The van der Waals surface area contributed by atoms with E-state index in [4.69, 9.17) is 5.73 Å². The third kappa shape index (κ3) is 2.57. The van der Waals surface area contributed by atoms with Gasteiger partial charge < -0.3 is 5.73 Å². The molecule has 17 heavy (non-hydrogen) atoms. The predicted molar refractivity (Wildman–Crippen MR) is 61.6 cm³/mol. The average Bonchev–Trinajstić information content (AvgIpc) is 2.22.